The normalized spacial score (nSPS) is 26.4. The Kier molecular flexibility index (Phi) is 3.74. The first-order valence-electron chi connectivity index (χ1n) is 6.17. The third-order valence-electron chi connectivity index (χ3n) is 3.59. The second kappa shape index (κ2) is 4.99. The molecule has 18 heavy (non-hydrogen) atoms. The van der Waals surface area contributed by atoms with Gasteiger partial charge in [0.05, 0.1) is 6.20 Å². The maximum Gasteiger partial charge on any atom is 0.246 e. The summed E-state index contributed by atoms with van der Waals surface area (Å²) in [5.74, 6) is 0.301. The molecule has 1 saturated heterocycles. The summed E-state index contributed by atoms with van der Waals surface area (Å²) in [5, 5.41) is 3.93. The molecule has 0 amide bonds. The van der Waals surface area contributed by atoms with Crippen molar-refractivity contribution in [2.75, 3.05) is 13.1 Å². The van der Waals surface area contributed by atoms with Crippen LogP contribution in [0.4, 0.5) is 0 Å². The molecule has 0 aromatic carbocycles. The molecule has 102 valence electrons. The quantitative estimate of drug-likeness (QED) is 0.850. The lowest BCUT2D eigenvalue weighted by Gasteiger charge is -2.38. The van der Waals surface area contributed by atoms with Crippen LogP contribution in [0, 0.1) is 5.92 Å². The van der Waals surface area contributed by atoms with E-state index in [9.17, 15) is 8.42 Å². The fourth-order valence-electron chi connectivity index (χ4n) is 2.53. The van der Waals surface area contributed by atoms with Gasteiger partial charge >= 0.3 is 0 Å². The van der Waals surface area contributed by atoms with Crippen molar-refractivity contribution in [3.05, 3.63) is 12.4 Å². The number of hydrogen-bond acceptors (Lipinski definition) is 4. The highest BCUT2D eigenvalue weighted by molar-refractivity contribution is 7.89. The van der Waals surface area contributed by atoms with Crippen LogP contribution >= 0.6 is 0 Å². The van der Waals surface area contributed by atoms with Gasteiger partial charge in [0.25, 0.3) is 0 Å². The molecule has 2 rings (SSSR count). The Bertz CT molecular complexity index is 511. The SMILES string of the molecule is C[C@H]1CCCN(S(=O)(=O)c2cnn(C)c2)[C@@H]1CN. The lowest BCUT2D eigenvalue weighted by molar-refractivity contribution is 0.192. The molecule has 2 atom stereocenters. The van der Waals surface area contributed by atoms with E-state index in [0.717, 1.165) is 12.8 Å². The van der Waals surface area contributed by atoms with Crippen molar-refractivity contribution in [3.63, 3.8) is 0 Å². The molecule has 0 saturated carbocycles. The van der Waals surface area contributed by atoms with Gasteiger partial charge in [0, 0.05) is 32.4 Å². The average Bonchev–Trinajstić information content (AvgIpc) is 2.76. The number of nitrogens with zero attached hydrogens (tertiary/aromatic N) is 3. The molecule has 1 fully saturated rings. The third-order valence-corrected chi connectivity index (χ3v) is 5.47. The molecule has 0 radical (unpaired) electrons. The summed E-state index contributed by atoms with van der Waals surface area (Å²) in [5.41, 5.74) is 5.74. The molecule has 1 aliphatic heterocycles. The summed E-state index contributed by atoms with van der Waals surface area (Å²) >= 11 is 0. The van der Waals surface area contributed by atoms with Crippen LogP contribution in [-0.2, 0) is 17.1 Å². The van der Waals surface area contributed by atoms with Crippen LogP contribution in [-0.4, -0.2) is 41.6 Å². The molecule has 2 N–H and O–H groups in total. The fraction of sp³-hybridized carbons (Fsp3) is 0.727. The van der Waals surface area contributed by atoms with Gasteiger partial charge in [0.1, 0.15) is 4.90 Å². The molecule has 0 spiro atoms. The molecule has 7 heteroatoms. The molecule has 0 bridgehead atoms. The highest BCUT2D eigenvalue weighted by Gasteiger charge is 2.36. The lowest BCUT2D eigenvalue weighted by Crippen LogP contribution is -2.51. The Morgan fingerprint density at radius 1 is 1.56 bits per heavy atom. The number of sulfonamides is 1. The van der Waals surface area contributed by atoms with Crippen molar-refractivity contribution in [1.29, 1.82) is 0 Å². The highest BCUT2D eigenvalue weighted by Crippen LogP contribution is 2.28. The van der Waals surface area contributed by atoms with Crippen molar-refractivity contribution < 1.29 is 8.42 Å². The molecule has 0 aliphatic carbocycles. The van der Waals surface area contributed by atoms with Gasteiger partial charge in [-0.1, -0.05) is 6.92 Å². The summed E-state index contributed by atoms with van der Waals surface area (Å²) in [6, 6.07) is -0.107. The standard InChI is InChI=1S/C11H20N4O2S/c1-9-4-3-5-15(11(9)6-12)18(16,17)10-7-13-14(2)8-10/h7-9,11H,3-6,12H2,1-2H3/t9-,11+/m0/s1. The Morgan fingerprint density at radius 2 is 2.28 bits per heavy atom. The Balaban J connectivity index is 2.34. The molecular weight excluding hydrogens is 252 g/mol. The maximum absolute atomic E-state index is 12.5. The molecule has 6 nitrogen and oxygen atoms in total. The Labute approximate surface area is 108 Å². The van der Waals surface area contributed by atoms with Gasteiger partial charge in [-0.05, 0) is 18.8 Å². The second-order valence-corrected chi connectivity index (χ2v) is 6.78. The zero-order valence-electron chi connectivity index (χ0n) is 10.8. The van der Waals surface area contributed by atoms with E-state index >= 15 is 0 Å². The number of aromatic nitrogens is 2. The van der Waals surface area contributed by atoms with Gasteiger partial charge < -0.3 is 5.73 Å². The molecule has 1 aliphatic rings. The third kappa shape index (κ3) is 2.30. The van der Waals surface area contributed by atoms with Crippen LogP contribution in [0.5, 0.6) is 0 Å². The van der Waals surface area contributed by atoms with Crippen molar-refractivity contribution in [1.82, 2.24) is 14.1 Å². The van der Waals surface area contributed by atoms with Crippen molar-refractivity contribution in [2.45, 2.75) is 30.7 Å². The van der Waals surface area contributed by atoms with E-state index in [1.165, 1.54) is 21.4 Å². The van der Waals surface area contributed by atoms with E-state index in [1.807, 2.05) is 0 Å². The highest BCUT2D eigenvalue weighted by atomic mass is 32.2. The van der Waals surface area contributed by atoms with Crippen LogP contribution < -0.4 is 5.73 Å². The number of piperidine rings is 1. The van der Waals surface area contributed by atoms with E-state index in [0.29, 0.717) is 19.0 Å². The monoisotopic (exact) mass is 272 g/mol. The number of nitrogens with two attached hydrogens (primary N) is 1. The van der Waals surface area contributed by atoms with Crippen LogP contribution in [0.1, 0.15) is 19.8 Å². The molecule has 2 heterocycles. The Hall–Kier alpha value is -0.920. The van der Waals surface area contributed by atoms with E-state index in [-0.39, 0.29) is 10.9 Å². The van der Waals surface area contributed by atoms with Crippen LogP contribution in [0.15, 0.2) is 17.3 Å². The van der Waals surface area contributed by atoms with Crippen molar-refractivity contribution in [3.8, 4) is 0 Å². The summed E-state index contributed by atoms with van der Waals surface area (Å²) in [6.07, 6.45) is 4.84. The summed E-state index contributed by atoms with van der Waals surface area (Å²) in [6.45, 7) is 2.96. The molecule has 0 unspecified atom stereocenters. The molecular formula is C11H20N4O2S. The van der Waals surface area contributed by atoms with Crippen LogP contribution in [0.3, 0.4) is 0 Å². The number of aryl methyl sites for hydroxylation is 1. The maximum atomic E-state index is 12.5. The van der Waals surface area contributed by atoms with E-state index in [2.05, 4.69) is 12.0 Å². The summed E-state index contributed by atoms with van der Waals surface area (Å²) in [7, 11) is -1.76. The smallest absolute Gasteiger partial charge is 0.246 e. The zero-order chi connectivity index (χ0) is 13.3. The minimum absolute atomic E-state index is 0.107. The van der Waals surface area contributed by atoms with Gasteiger partial charge in [0.2, 0.25) is 10.0 Å². The first-order chi connectivity index (χ1) is 8.46. The molecule has 1 aromatic rings. The minimum atomic E-state index is -3.47. The first-order valence-corrected chi connectivity index (χ1v) is 7.61. The largest absolute Gasteiger partial charge is 0.329 e. The van der Waals surface area contributed by atoms with Crippen LogP contribution in [0.25, 0.3) is 0 Å². The predicted molar refractivity (Wildman–Crippen MR) is 68.3 cm³/mol. The second-order valence-electron chi connectivity index (χ2n) is 4.89. The average molecular weight is 272 g/mol. The minimum Gasteiger partial charge on any atom is -0.329 e. The number of rotatable bonds is 3. The summed E-state index contributed by atoms with van der Waals surface area (Å²) < 4.78 is 28.1. The van der Waals surface area contributed by atoms with Crippen LogP contribution in [0.2, 0.25) is 0 Å². The lowest BCUT2D eigenvalue weighted by atomic mass is 9.93. The fourth-order valence-corrected chi connectivity index (χ4v) is 4.28. The first kappa shape index (κ1) is 13.5. The molecule has 1 aromatic heterocycles. The van der Waals surface area contributed by atoms with E-state index in [1.54, 1.807) is 7.05 Å². The van der Waals surface area contributed by atoms with Gasteiger partial charge in [-0.25, -0.2) is 8.42 Å². The van der Waals surface area contributed by atoms with E-state index in [4.69, 9.17) is 5.73 Å². The van der Waals surface area contributed by atoms with Gasteiger partial charge in [-0.3, -0.25) is 4.68 Å². The van der Waals surface area contributed by atoms with Gasteiger partial charge in [-0.2, -0.15) is 9.40 Å². The van der Waals surface area contributed by atoms with Gasteiger partial charge in [-0.15, -0.1) is 0 Å². The van der Waals surface area contributed by atoms with Crippen molar-refractivity contribution in [2.24, 2.45) is 18.7 Å². The Morgan fingerprint density at radius 3 is 2.83 bits per heavy atom. The predicted octanol–water partition coefficient (Wildman–Crippen LogP) is 0.168. The topological polar surface area (TPSA) is 81.2 Å². The van der Waals surface area contributed by atoms with E-state index < -0.39 is 10.0 Å². The zero-order valence-corrected chi connectivity index (χ0v) is 11.6. The van der Waals surface area contributed by atoms with Crippen molar-refractivity contribution >= 4 is 10.0 Å². The number of hydrogen-bond donors (Lipinski definition) is 1. The van der Waals surface area contributed by atoms with Gasteiger partial charge in [0.15, 0.2) is 0 Å². The summed E-state index contributed by atoms with van der Waals surface area (Å²) in [4.78, 5) is 0.248.